The van der Waals surface area contributed by atoms with Gasteiger partial charge >= 0.3 is 0 Å². The summed E-state index contributed by atoms with van der Waals surface area (Å²) in [6.07, 6.45) is 0.873. The molecule has 1 aromatic heterocycles. The molecule has 0 atom stereocenters. The van der Waals surface area contributed by atoms with Crippen LogP contribution in [-0.2, 0) is 6.42 Å². The van der Waals surface area contributed by atoms with Crippen LogP contribution in [0.1, 0.15) is 23.7 Å². The minimum Gasteiger partial charge on any atom is -0.387 e. The molecule has 0 aliphatic carbocycles. The normalized spacial score (nSPS) is 11.0. The van der Waals surface area contributed by atoms with E-state index >= 15 is 0 Å². The molecule has 0 saturated carbocycles. The Morgan fingerprint density at radius 3 is 2.50 bits per heavy atom. The van der Waals surface area contributed by atoms with Crippen molar-refractivity contribution in [1.29, 1.82) is 0 Å². The first-order valence-electron chi connectivity index (χ1n) is 5.96. The Bertz CT molecular complexity index is 621. The minimum absolute atomic E-state index is 0.651. The highest BCUT2D eigenvalue weighted by Gasteiger charge is 2.16. The van der Waals surface area contributed by atoms with Gasteiger partial charge in [0.15, 0.2) is 0 Å². The van der Waals surface area contributed by atoms with E-state index in [0.29, 0.717) is 5.02 Å². The fraction of sp³-hybridized carbons (Fsp3) is 0.357. The van der Waals surface area contributed by atoms with Crippen LogP contribution in [0.5, 0.6) is 0 Å². The number of hydrogen-bond acceptors (Lipinski definition) is 2. The molecule has 0 fully saturated rings. The third-order valence-electron chi connectivity index (χ3n) is 3.26. The molecule has 2 rings (SSSR count). The van der Waals surface area contributed by atoms with Gasteiger partial charge in [-0.3, -0.25) is 4.98 Å². The first-order chi connectivity index (χ1) is 8.51. The van der Waals surface area contributed by atoms with Gasteiger partial charge in [0.25, 0.3) is 0 Å². The second-order valence-electron chi connectivity index (χ2n) is 4.37. The van der Waals surface area contributed by atoms with Crippen molar-refractivity contribution in [2.45, 2.75) is 27.2 Å². The van der Waals surface area contributed by atoms with E-state index in [9.17, 15) is 0 Å². The van der Waals surface area contributed by atoms with Gasteiger partial charge in [-0.2, -0.15) is 0 Å². The van der Waals surface area contributed by atoms with Gasteiger partial charge in [-0.15, -0.1) is 0 Å². The summed E-state index contributed by atoms with van der Waals surface area (Å²) in [5.74, 6) is 0. The molecule has 18 heavy (non-hydrogen) atoms. The molecular formula is C14H16Cl2N2. The number of benzene rings is 1. The van der Waals surface area contributed by atoms with E-state index in [4.69, 9.17) is 23.2 Å². The number of fused-ring (bicyclic) bond motifs is 1. The second kappa shape index (κ2) is 4.94. The summed E-state index contributed by atoms with van der Waals surface area (Å²) in [4.78, 5) is 4.65. The fourth-order valence-corrected chi connectivity index (χ4v) is 2.83. The zero-order chi connectivity index (χ0) is 13.4. The molecule has 1 aromatic carbocycles. The minimum atomic E-state index is 0.651. The predicted octanol–water partition coefficient (Wildman–Crippen LogP) is 4.76. The molecule has 0 unspecified atom stereocenters. The molecule has 0 amide bonds. The van der Waals surface area contributed by atoms with E-state index in [1.165, 1.54) is 0 Å². The lowest BCUT2D eigenvalue weighted by Crippen LogP contribution is -2.02. The number of halogens is 2. The maximum atomic E-state index is 6.41. The van der Waals surface area contributed by atoms with Crippen LogP contribution >= 0.6 is 23.2 Å². The number of nitrogens with one attached hydrogen (secondary N) is 1. The van der Waals surface area contributed by atoms with E-state index in [1.807, 2.05) is 20.0 Å². The van der Waals surface area contributed by atoms with Crippen molar-refractivity contribution in [3.63, 3.8) is 0 Å². The summed E-state index contributed by atoms with van der Waals surface area (Å²) in [5.41, 5.74) is 4.95. The molecule has 0 radical (unpaired) electrons. The van der Waals surface area contributed by atoms with Crippen molar-refractivity contribution in [1.82, 2.24) is 4.98 Å². The number of hydrogen-bond donors (Lipinski definition) is 1. The Labute approximate surface area is 117 Å². The maximum absolute atomic E-state index is 6.41. The Balaban J connectivity index is 3.02. The first kappa shape index (κ1) is 13.4. The standard InChI is InChI=1S/C14H16Cl2N2/c1-5-10-8(3)13(17-4)11-12(16)7(2)6-9(15)14(11)18-10/h6H,5H2,1-4H3,(H,17,18). The van der Waals surface area contributed by atoms with Gasteiger partial charge in [0.05, 0.1) is 15.6 Å². The van der Waals surface area contributed by atoms with Gasteiger partial charge in [0.2, 0.25) is 0 Å². The summed E-state index contributed by atoms with van der Waals surface area (Å²) in [6, 6.07) is 1.87. The number of aromatic nitrogens is 1. The van der Waals surface area contributed by atoms with Crippen LogP contribution in [0.2, 0.25) is 10.0 Å². The molecule has 0 aliphatic rings. The van der Waals surface area contributed by atoms with Crippen LogP contribution in [0.3, 0.4) is 0 Å². The predicted molar refractivity (Wildman–Crippen MR) is 80.2 cm³/mol. The van der Waals surface area contributed by atoms with E-state index in [-0.39, 0.29) is 0 Å². The van der Waals surface area contributed by atoms with Crippen molar-refractivity contribution in [2.75, 3.05) is 12.4 Å². The molecule has 4 heteroatoms. The summed E-state index contributed by atoms with van der Waals surface area (Å²) < 4.78 is 0. The van der Waals surface area contributed by atoms with Crippen LogP contribution in [0.25, 0.3) is 10.9 Å². The lowest BCUT2D eigenvalue weighted by molar-refractivity contribution is 1.03. The van der Waals surface area contributed by atoms with Gasteiger partial charge in [0.1, 0.15) is 0 Å². The highest BCUT2D eigenvalue weighted by molar-refractivity contribution is 6.41. The van der Waals surface area contributed by atoms with Crippen LogP contribution in [-0.4, -0.2) is 12.0 Å². The molecular weight excluding hydrogens is 267 g/mol. The van der Waals surface area contributed by atoms with Crippen LogP contribution in [0.15, 0.2) is 6.07 Å². The zero-order valence-electron chi connectivity index (χ0n) is 11.0. The van der Waals surface area contributed by atoms with Crippen LogP contribution in [0.4, 0.5) is 5.69 Å². The number of anilines is 1. The van der Waals surface area contributed by atoms with Gasteiger partial charge in [-0.25, -0.2) is 0 Å². The van der Waals surface area contributed by atoms with E-state index in [2.05, 4.69) is 24.1 Å². The Morgan fingerprint density at radius 1 is 1.28 bits per heavy atom. The molecule has 2 nitrogen and oxygen atoms in total. The van der Waals surface area contributed by atoms with Gasteiger partial charge in [0, 0.05) is 23.8 Å². The molecule has 0 aliphatic heterocycles. The largest absolute Gasteiger partial charge is 0.387 e. The summed E-state index contributed by atoms with van der Waals surface area (Å²) in [5, 5.41) is 5.51. The molecule has 96 valence electrons. The van der Waals surface area contributed by atoms with Crippen molar-refractivity contribution in [3.05, 3.63) is 32.9 Å². The van der Waals surface area contributed by atoms with E-state index in [0.717, 1.165) is 44.9 Å². The zero-order valence-corrected chi connectivity index (χ0v) is 12.5. The lowest BCUT2D eigenvalue weighted by Gasteiger charge is -2.16. The smallest absolute Gasteiger partial charge is 0.0927 e. The average molecular weight is 283 g/mol. The van der Waals surface area contributed by atoms with Crippen molar-refractivity contribution >= 4 is 39.8 Å². The van der Waals surface area contributed by atoms with Crippen molar-refractivity contribution < 1.29 is 0 Å². The third-order valence-corrected chi connectivity index (χ3v) is 4.04. The number of nitrogens with zero attached hydrogens (tertiary/aromatic N) is 1. The number of rotatable bonds is 2. The van der Waals surface area contributed by atoms with Gasteiger partial charge in [-0.05, 0) is 37.5 Å². The second-order valence-corrected chi connectivity index (χ2v) is 5.16. The highest BCUT2D eigenvalue weighted by Crippen LogP contribution is 2.38. The first-order valence-corrected chi connectivity index (χ1v) is 6.72. The van der Waals surface area contributed by atoms with Gasteiger partial charge in [-0.1, -0.05) is 30.1 Å². The lowest BCUT2D eigenvalue weighted by atomic mass is 10.0. The Hall–Kier alpha value is -0.990. The van der Waals surface area contributed by atoms with Crippen LogP contribution in [0, 0.1) is 13.8 Å². The summed E-state index contributed by atoms with van der Waals surface area (Å²) >= 11 is 12.7. The number of pyridine rings is 1. The Kier molecular flexibility index (Phi) is 3.69. The fourth-order valence-electron chi connectivity index (χ4n) is 2.29. The van der Waals surface area contributed by atoms with Gasteiger partial charge < -0.3 is 5.32 Å². The molecule has 2 aromatic rings. The summed E-state index contributed by atoms with van der Waals surface area (Å²) in [6.45, 7) is 6.10. The van der Waals surface area contributed by atoms with Crippen molar-refractivity contribution in [2.24, 2.45) is 0 Å². The van der Waals surface area contributed by atoms with Crippen LogP contribution < -0.4 is 5.32 Å². The molecule has 1 heterocycles. The summed E-state index contributed by atoms with van der Waals surface area (Å²) in [7, 11) is 1.90. The third kappa shape index (κ3) is 1.94. The average Bonchev–Trinajstić information content (AvgIpc) is 2.35. The van der Waals surface area contributed by atoms with E-state index in [1.54, 1.807) is 0 Å². The quantitative estimate of drug-likeness (QED) is 0.859. The monoisotopic (exact) mass is 282 g/mol. The number of aryl methyl sites for hydroxylation is 2. The van der Waals surface area contributed by atoms with E-state index < -0.39 is 0 Å². The molecule has 1 N–H and O–H groups in total. The van der Waals surface area contributed by atoms with Crippen molar-refractivity contribution in [3.8, 4) is 0 Å². The molecule has 0 spiro atoms. The topological polar surface area (TPSA) is 24.9 Å². The molecule has 0 bridgehead atoms. The SMILES string of the molecule is CCc1nc2c(Cl)cc(C)c(Cl)c2c(NC)c1C. The molecule has 0 saturated heterocycles. The highest BCUT2D eigenvalue weighted by atomic mass is 35.5. The Morgan fingerprint density at radius 2 is 1.94 bits per heavy atom. The maximum Gasteiger partial charge on any atom is 0.0927 e.